The monoisotopic (exact) mass is 220 g/mol. The molecule has 0 saturated heterocycles. The van der Waals surface area contributed by atoms with Crippen LogP contribution in [0.5, 0.6) is 0 Å². The Balaban J connectivity index is 2.10. The van der Waals surface area contributed by atoms with Crippen molar-refractivity contribution in [1.82, 2.24) is 0 Å². The van der Waals surface area contributed by atoms with Gasteiger partial charge < -0.3 is 0 Å². The minimum atomic E-state index is 0.318. The first-order valence-electron chi connectivity index (χ1n) is 6.92. The number of Topliss-reactive ketones (excluding diaryl/α,β-unsaturated/α-hetero) is 1. The summed E-state index contributed by atoms with van der Waals surface area (Å²) in [5.41, 5.74) is 0.800. The summed E-state index contributed by atoms with van der Waals surface area (Å²) in [4.78, 5) is 12.2. The normalized spacial score (nSPS) is 54.1. The Morgan fingerprint density at radius 2 is 1.88 bits per heavy atom. The third kappa shape index (κ3) is 1.01. The zero-order valence-electron chi connectivity index (χ0n) is 11.0. The zero-order valence-corrected chi connectivity index (χ0v) is 11.0. The maximum atomic E-state index is 12.2. The molecule has 3 aliphatic rings. The predicted molar refractivity (Wildman–Crippen MR) is 65.0 cm³/mol. The van der Waals surface area contributed by atoms with Crippen LogP contribution in [0.15, 0.2) is 0 Å². The average molecular weight is 220 g/mol. The molecule has 0 radical (unpaired) electrons. The van der Waals surface area contributed by atoms with Crippen LogP contribution in [0.3, 0.4) is 0 Å². The van der Waals surface area contributed by atoms with Crippen molar-refractivity contribution in [3.63, 3.8) is 0 Å². The van der Waals surface area contributed by atoms with Gasteiger partial charge in [0.1, 0.15) is 5.78 Å². The van der Waals surface area contributed by atoms with Crippen LogP contribution in [-0.2, 0) is 4.79 Å². The zero-order chi connectivity index (χ0) is 11.7. The third-order valence-electron chi connectivity index (χ3n) is 6.63. The van der Waals surface area contributed by atoms with Crippen LogP contribution in [0, 0.1) is 34.5 Å². The second-order valence-corrected chi connectivity index (χ2v) is 7.33. The topological polar surface area (TPSA) is 17.1 Å². The van der Waals surface area contributed by atoms with Gasteiger partial charge in [-0.05, 0) is 47.8 Å². The van der Waals surface area contributed by atoms with E-state index in [2.05, 4.69) is 27.7 Å². The summed E-state index contributed by atoms with van der Waals surface area (Å²) in [6.45, 7) is 9.42. The highest BCUT2D eigenvalue weighted by molar-refractivity contribution is 5.83. The van der Waals surface area contributed by atoms with E-state index in [-0.39, 0.29) is 0 Å². The number of ketones is 1. The average Bonchev–Trinajstić information content (AvgIpc) is 2.59. The second-order valence-electron chi connectivity index (χ2n) is 7.33. The van der Waals surface area contributed by atoms with Crippen molar-refractivity contribution < 1.29 is 4.79 Å². The summed E-state index contributed by atoms with van der Waals surface area (Å²) in [7, 11) is 0. The fourth-order valence-corrected chi connectivity index (χ4v) is 5.62. The van der Waals surface area contributed by atoms with E-state index in [0.29, 0.717) is 28.4 Å². The Morgan fingerprint density at radius 1 is 1.19 bits per heavy atom. The minimum Gasteiger partial charge on any atom is -0.299 e. The molecule has 0 aromatic carbocycles. The fourth-order valence-electron chi connectivity index (χ4n) is 5.62. The van der Waals surface area contributed by atoms with Crippen LogP contribution in [0.4, 0.5) is 0 Å². The van der Waals surface area contributed by atoms with E-state index in [1.807, 2.05) is 0 Å². The van der Waals surface area contributed by atoms with Crippen molar-refractivity contribution in [3.05, 3.63) is 0 Å². The standard InChI is InChI=1S/C15H24O/c1-9-5-6-13-14(3,4)11-7-15(9,13)8-12(16)10(11)2/h9-11,13H,5-8H2,1-4H3/t9-,10+,11+,13+,15-/m1/s1. The van der Waals surface area contributed by atoms with Gasteiger partial charge in [-0.25, -0.2) is 0 Å². The van der Waals surface area contributed by atoms with E-state index in [0.717, 1.165) is 18.3 Å². The molecule has 0 aromatic heterocycles. The van der Waals surface area contributed by atoms with Gasteiger partial charge >= 0.3 is 0 Å². The molecule has 5 atom stereocenters. The molecule has 1 spiro atoms. The Kier molecular flexibility index (Phi) is 1.97. The first-order chi connectivity index (χ1) is 7.39. The lowest BCUT2D eigenvalue weighted by Crippen LogP contribution is -2.36. The van der Waals surface area contributed by atoms with Crippen LogP contribution in [0.1, 0.15) is 53.4 Å². The Labute approximate surface area is 99.0 Å². The predicted octanol–water partition coefficient (Wildman–Crippen LogP) is 3.67. The quantitative estimate of drug-likeness (QED) is 0.608. The molecule has 0 aliphatic heterocycles. The van der Waals surface area contributed by atoms with Crippen LogP contribution in [0.25, 0.3) is 0 Å². The van der Waals surface area contributed by atoms with E-state index in [1.54, 1.807) is 0 Å². The van der Waals surface area contributed by atoms with Crippen LogP contribution in [-0.4, -0.2) is 5.78 Å². The highest BCUT2D eigenvalue weighted by Crippen LogP contribution is 2.71. The van der Waals surface area contributed by atoms with Crippen molar-refractivity contribution >= 4 is 5.78 Å². The van der Waals surface area contributed by atoms with Crippen molar-refractivity contribution in [2.24, 2.45) is 34.5 Å². The van der Waals surface area contributed by atoms with Gasteiger partial charge in [-0.3, -0.25) is 4.79 Å². The number of hydrogen-bond acceptors (Lipinski definition) is 1. The molecule has 16 heavy (non-hydrogen) atoms. The van der Waals surface area contributed by atoms with Crippen LogP contribution in [0.2, 0.25) is 0 Å². The van der Waals surface area contributed by atoms with Gasteiger partial charge in [-0.1, -0.05) is 27.7 Å². The number of rotatable bonds is 0. The lowest BCUT2D eigenvalue weighted by molar-refractivity contribution is -0.130. The first kappa shape index (κ1) is 10.8. The summed E-state index contributed by atoms with van der Waals surface area (Å²) < 4.78 is 0. The SMILES string of the molecule is C[C@@H]1C(=O)C[C@@]23C[C@@H]1C(C)(C)[C@@H]2CC[C@H]3C. The molecule has 0 aromatic rings. The van der Waals surface area contributed by atoms with E-state index in [9.17, 15) is 4.79 Å². The Bertz CT molecular complexity index is 343. The van der Waals surface area contributed by atoms with E-state index in [1.165, 1.54) is 19.3 Å². The molecular weight excluding hydrogens is 196 g/mol. The number of hydrogen-bond donors (Lipinski definition) is 0. The molecule has 3 rings (SSSR count). The maximum Gasteiger partial charge on any atom is 0.136 e. The van der Waals surface area contributed by atoms with Crippen molar-refractivity contribution in [3.8, 4) is 0 Å². The maximum absolute atomic E-state index is 12.2. The third-order valence-corrected chi connectivity index (χ3v) is 6.63. The summed E-state index contributed by atoms with van der Waals surface area (Å²) in [5, 5.41) is 0. The van der Waals surface area contributed by atoms with E-state index >= 15 is 0 Å². The first-order valence-corrected chi connectivity index (χ1v) is 6.92. The van der Waals surface area contributed by atoms with Crippen molar-refractivity contribution in [1.29, 1.82) is 0 Å². The molecular formula is C15H24O. The minimum absolute atomic E-state index is 0.318. The van der Waals surface area contributed by atoms with Crippen molar-refractivity contribution in [2.45, 2.75) is 53.4 Å². The van der Waals surface area contributed by atoms with Gasteiger partial charge in [-0.15, -0.1) is 0 Å². The van der Waals surface area contributed by atoms with Crippen molar-refractivity contribution in [2.75, 3.05) is 0 Å². The molecule has 3 fully saturated rings. The van der Waals surface area contributed by atoms with Gasteiger partial charge in [0.05, 0.1) is 0 Å². The summed E-state index contributed by atoms with van der Waals surface area (Å²) in [5.74, 6) is 3.12. The molecule has 1 heteroatoms. The largest absolute Gasteiger partial charge is 0.299 e. The molecule has 3 aliphatic carbocycles. The second kappa shape index (κ2) is 2.91. The fraction of sp³-hybridized carbons (Fsp3) is 0.933. The van der Waals surface area contributed by atoms with Gasteiger partial charge in [0.2, 0.25) is 0 Å². The number of fused-ring (bicyclic) bond motifs is 1. The molecule has 3 saturated carbocycles. The van der Waals surface area contributed by atoms with Crippen LogP contribution < -0.4 is 0 Å². The molecule has 1 nitrogen and oxygen atoms in total. The van der Waals surface area contributed by atoms with Gasteiger partial charge in [0.25, 0.3) is 0 Å². The Morgan fingerprint density at radius 3 is 2.56 bits per heavy atom. The Hall–Kier alpha value is -0.330. The van der Waals surface area contributed by atoms with E-state index < -0.39 is 0 Å². The number of carbonyl (C=O) groups is 1. The van der Waals surface area contributed by atoms with Gasteiger partial charge in [0, 0.05) is 12.3 Å². The summed E-state index contributed by atoms with van der Waals surface area (Å²) >= 11 is 0. The van der Waals surface area contributed by atoms with Gasteiger partial charge in [0.15, 0.2) is 0 Å². The highest BCUT2D eigenvalue weighted by atomic mass is 16.1. The van der Waals surface area contributed by atoms with E-state index in [4.69, 9.17) is 0 Å². The smallest absolute Gasteiger partial charge is 0.136 e. The molecule has 0 unspecified atom stereocenters. The summed E-state index contributed by atoms with van der Waals surface area (Å²) in [6.07, 6.45) is 4.94. The molecule has 90 valence electrons. The molecule has 0 amide bonds. The molecule has 0 heterocycles. The number of carbonyl (C=O) groups excluding carboxylic acids is 1. The lowest BCUT2D eigenvalue weighted by atomic mass is 9.65. The molecule has 0 N–H and O–H groups in total. The van der Waals surface area contributed by atoms with Crippen LogP contribution >= 0.6 is 0 Å². The summed E-state index contributed by atoms with van der Waals surface area (Å²) in [6, 6.07) is 0. The molecule has 2 bridgehead atoms. The highest BCUT2D eigenvalue weighted by Gasteiger charge is 2.66. The van der Waals surface area contributed by atoms with Gasteiger partial charge in [-0.2, -0.15) is 0 Å². The lowest BCUT2D eigenvalue weighted by Gasteiger charge is -2.38.